The minimum absolute atomic E-state index is 0.0846. The quantitative estimate of drug-likeness (QED) is 0.800. The van der Waals surface area contributed by atoms with E-state index in [1.807, 2.05) is 19.0 Å². The SMILES string of the molecule is CNCCN(C)Cc1nn2c(c1C1CCC3(CC1)CCN(C)C3=O)COCC2. The molecule has 1 aromatic rings. The van der Waals surface area contributed by atoms with Gasteiger partial charge in [0.05, 0.1) is 36.6 Å². The Morgan fingerprint density at radius 2 is 2.07 bits per heavy atom. The molecule has 0 atom stereocenters. The number of hydrogen-bond donors (Lipinski definition) is 1. The van der Waals surface area contributed by atoms with E-state index in [0.29, 0.717) is 18.4 Å². The highest BCUT2D eigenvalue weighted by atomic mass is 16.5. The van der Waals surface area contributed by atoms with Gasteiger partial charge in [0.25, 0.3) is 0 Å². The number of nitrogens with zero attached hydrogens (tertiary/aromatic N) is 4. The topological polar surface area (TPSA) is 62.6 Å². The summed E-state index contributed by atoms with van der Waals surface area (Å²) in [5, 5.41) is 8.21. The van der Waals surface area contributed by atoms with Crippen LogP contribution in [0.5, 0.6) is 0 Å². The molecule has 3 heterocycles. The van der Waals surface area contributed by atoms with Gasteiger partial charge in [-0.3, -0.25) is 14.4 Å². The normalized spacial score (nSPS) is 27.8. The zero-order valence-corrected chi connectivity index (χ0v) is 17.7. The van der Waals surface area contributed by atoms with E-state index >= 15 is 0 Å². The molecule has 1 amide bonds. The molecule has 1 aromatic heterocycles. The van der Waals surface area contributed by atoms with Crippen molar-refractivity contribution >= 4 is 5.91 Å². The highest BCUT2D eigenvalue weighted by Gasteiger charge is 2.48. The minimum Gasteiger partial charge on any atom is -0.373 e. The van der Waals surface area contributed by atoms with Crippen molar-refractivity contribution in [3.05, 3.63) is 17.0 Å². The molecule has 1 N–H and O–H groups in total. The largest absolute Gasteiger partial charge is 0.373 e. The van der Waals surface area contributed by atoms with Gasteiger partial charge in [0, 0.05) is 38.8 Å². The third-order valence-corrected chi connectivity index (χ3v) is 7.10. The molecule has 1 saturated heterocycles. The molecule has 2 fully saturated rings. The summed E-state index contributed by atoms with van der Waals surface area (Å²) in [7, 11) is 6.11. The van der Waals surface area contributed by atoms with Crippen LogP contribution in [0.4, 0.5) is 0 Å². The van der Waals surface area contributed by atoms with Gasteiger partial charge in [-0.15, -0.1) is 0 Å². The first kappa shape index (κ1) is 19.9. The lowest BCUT2D eigenvalue weighted by Crippen LogP contribution is -2.36. The molecular formula is C21H35N5O2. The van der Waals surface area contributed by atoms with Crippen molar-refractivity contribution in [3.63, 3.8) is 0 Å². The Kier molecular flexibility index (Phi) is 5.76. The molecule has 0 aromatic carbocycles. The maximum Gasteiger partial charge on any atom is 0.228 e. The molecule has 7 heteroatoms. The van der Waals surface area contributed by atoms with E-state index in [4.69, 9.17) is 9.84 Å². The molecule has 7 nitrogen and oxygen atoms in total. The molecule has 1 aliphatic carbocycles. The van der Waals surface area contributed by atoms with Crippen LogP contribution in [0.15, 0.2) is 0 Å². The third-order valence-electron chi connectivity index (χ3n) is 7.10. The number of nitrogens with one attached hydrogen (secondary N) is 1. The zero-order valence-electron chi connectivity index (χ0n) is 17.7. The average molecular weight is 390 g/mol. The van der Waals surface area contributed by atoms with E-state index in [1.165, 1.54) is 17.0 Å². The summed E-state index contributed by atoms with van der Waals surface area (Å²) in [6.45, 7) is 6.04. The number of rotatable bonds is 6. The van der Waals surface area contributed by atoms with E-state index in [2.05, 4.69) is 21.9 Å². The first-order valence-corrected chi connectivity index (χ1v) is 10.8. The van der Waals surface area contributed by atoms with Crippen LogP contribution in [-0.2, 0) is 29.2 Å². The van der Waals surface area contributed by atoms with Gasteiger partial charge in [0.2, 0.25) is 5.91 Å². The van der Waals surface area contributed by atoms with Crippen LogP contribution in [0.1, 0.15) is 55.0 Å². The predicted octanol–water partition coefficient (Wildman–Crippen LogP) is 1.57. The van der Waals surface area contributed by atoms with Crippen LogP contribution in [0.25, 0.3) is 0 Å². The van der Waals surface area contributed by atoms with E-state index in [0.717, 1.165) is 71.4 Å². The lowest BCUT2D eigenvalue weighted by Gasteiger charge is -2.36. The van der Waals surface area contributed by atoms with Crippen molar-refractivity contribution in [1.29, 1.82) is 0 Å². The lowest BCUT2D eigenvalue weighted by atomic mass is 9.67. The van der Waals surface area contributed by atoms with Crippen LogP contribution >= 0.6 is 0 Å². The van der Waals surface area contributed by atoms with Gasteiger partial charge in [0.15, 0.2) is 0 Å². The van der Waals surface area contributed by atoms with Crippen molar-refractivity contribution in [2.24, 2.45) is 5.41 Å². The van der Waals surface area contributed by atoms with Crippen LogP contribution in [-0.4, -0.2) is 72.9 Å². The third kappa shape index (κ3) is 3.60. The Morgan fingerprint density at radius 3 is 2.75 bits per heavy atom. The fourth-order valence-corrected chi connectivity index (χ4v) is 5.37. The average Bonchev–Trinajstić information content (AvgIpc) is 3.20. The first-order chi connectivity index (χ1) is 13.5. The Balaban J connectivity index is 1.53. The monoisotopic (exact) mass is 389 g/mol. The number of fused-ring (bicyclic) bond motifs is 1. The van der Waals surface area contributed by atoms with Gasteiger partial charge in [-0.05, 0) is 52.1 Å². The van der Waals surface area contributed by atoms with Crippen molar-refractivity contribution in [1.82, 2.24) is 24.9 Å². The van der Waals surface area contributed by atoms with Crippen LogP contribution < -0.4 is 5.32 Å². The van der Waals surface area contributed by atoms with Crippen molar-refractivity contribution in [2.45, 2.75) is 57.7 Å². The molecule has 0 unspecified atom stereocenters. The standard InChI is InChI=1S/C21H35N5O2/c1-22-9-11-24(2)14-17-19(18-15-28-13-12-26(18)23-17)16-4-6-21(7-5-16)8-10-25(3)20(21)27/h16,22H,4-15H2,1-3H3. The molecule has 28 heavy (non-hydrogen) atoms. The number of carbonyl (C=O) groups excluding carboxylic acids is 1. The summed E-state index contributed by atoms with van der Waals surface area (Å²) in [5.41, 5.74) is 3.83. The smallest absolute Gasteiger partial charge is 0.228 e. The van der Waals surface area contributed by atoms with Gasteiger partial charge in [-0.25, -0.2) is 0 Å². The molecule has 4 rings (SSSR count). The molecule has 1 spiro atoms. The molecule has 3 aliphatic rings. The van der Waals surface area contributed by atoms with Crippen LogP contribution in [0.2, 0.25) is 0 Å². The number of likely N-dealkylation sites (N-methyl/N-ethyl adjacent to an activating group) is 2. The summed E-state index contributed by atoms with van der Waals surface area (Å²) < 4.78 is 7.97. The second-order valence-electron chi connectivity index (χ2n) is 8.96. The van der Waals surface area contributed by atoms with Gasteiger partial charge in [0.1, 0.15) is 0 Å². The molecular weight excluding hydrogens is 354 g/mol. The summed E-state index contributed by atoms with van der Waals surface area (Å²) in [6, 6.07) is 0. The highest BCUT2D eigenvalue weighted by molar-refractivity contribution is 5.84. The number of ether oxygens (including phenoxy) is 1. The summed E-state index contributed by atoms with van der Waals surface area (Å²) in [6.07, 6.45) is 5.24. The fourth-order valence-electron chi connectivity index (χ4n) is 5.37. The van der Waals surface area contributed by atoms with Crippen molar-refractivity contribution < 1.29 is 9.53 Å². The molecule has 2 aliphatic heterocycles. The number of carbonyl (C=O) groups is 1. The maximum absolute atomic E-state index is 12.7. The molecule has 0 radical (unpaired) electrons. The second-order valence-corrected chi connectivity index (χ2v) is 8.96. The molecule has 0 bridgehead atoms. The summed E-state index contributed by atoms with van der Waals surface area (Å²) in [5.74, 6) is 0.876. The zero-order chi connectivity index (χ0) is 19.7. The first-order valence-electron chi connectivity index (χ1n) is 10.8. The molecule has 156 valence electrons. The van der Waals surface area contributed by atoms with Gasteiger partial charge in [-0.2, -0.15) is 5.10 Å². The maximum atomic E-state index is 12.7. The van der Waals surface area contributed by atoms with Crippen molar-refractivity contribution in [3.8, 4) is 0 Å². The Hall–Kier alpha value is -1.44. The molecule has 1 saturated carbocycles. The lowest BCUT2D eigenvalue weighted by molar-refractivity contribution is -0.136. The predicted molar refractivity (Wildman–Crippen MR) is 108 cm³/mol. The van der Waals surface area contributed by atoms with Crippen LogP contribution in [0, 0.1) is 5.41 Å². The number of aromatic nitrogens is 2. The van der Waals surface area contributed by atoms with E-state index in [9.17, 15) is 4.79 Å². The summed E-state index contributed by atoms with van der Waals surface area (Å²) in [4.78, 5) is 17.0. The second kappa shape index (κ2) is 8.13. The van der Waals surface area contributed by atoms with E-state index < -0.39 is 0 Å². The van der Waals surface area contributed by atoms with E-state index in [1.54, 1.807) is 0 Å². The highest BCUT2D eigenvalue weighted by Crippen LogP contribution is 2.49. The number of likely N-dealkylation sites (tertiary alicyclic amines) is 1. The number of amides is 1. The van der Waals surface area contributed by atoms with Crippen LogP contribution in [0.3, 0.4) is 0 Å². The van der Waals surface area contributed by atoms with Gasteiger partial charge in [-0.1, -0.05) is 0 Å². The number of hydrogen-bond acceptors (Lipinski definition) is 5. The summed E-state index contributed by atoms with van der Waals surface area (Å²) >= 11 is 0. The minimum atomic E-state index is -0.0846. The Bertz CT molecular complexity index is 708. The Morgan fingerprint density at radius 1 is 1.29 bits per heavy atom. The van der Waals surface area contributed by atoms with Gasteiger partial charge >= 0.3 is 0 Å². The van der Waals surface area contributed by atoms with Crippen molar-refractivity contribution in [2.75, 3.05) is 47.4 Å². The van der Waals surface area contributed by atoms with Gasteiger partial charge < -0.3 is 15.0 Å². The van der Waals surface area contributed by atoms with E-state index in [-0.39, 0.29) is 5.41 Å². The Labute approximate surface area is 168 Å². The fraction of sp³-hybridized carbons (Fsp3) is 0.810.